The molecule has 1 fully saturated rings. The van der Waals surface area contributed by atoms with Gasteiger partial charge in [-0.15, -0.1) is 0 Å². The van der Waals surface area contributed by atoms with E-state index in [9.17, 15) is 0 Å². The molecule has 1 aliphatic heterocycles. The molecule has 0 spiro atoms. The summed E-state index contributed by atoms with van der Waals surface area (Å²) in [6.45, 7) is 6.44. The molecule has 1 aromatic carbocycles. The summed E-state index contributed by atoms with van der Waals surface area (Å²) in [7, 11) is 0. The van der Waals surface area contributed by atoms with E-state index in [-0.39, 0.29) is 6.04 Å². The maximum atomic E-state index is 4.73. The maximum absolute atomic E-state index is 4.73. The Hall–Kier alpha value is -3.06. The molecule has 1 atom stereocenters. The van der Waals surface area contributed by atoms with Crippen molar-refractivity contribution in [2.24, 2.45) is 0 Å². The van der Waals surface area contributed by atoms with Gasteiger partial charge in [-0.3, -0.25) is 15.0 Å². The van der Waals surface area contributed by atoms with Crippen LogP contribution in [0.4, 0.5) is 0 Å². The van der Waals surface area contributed by atoms with Gasteiger partial charge < -0.3 is 4.57 Å². The van der Waals surface area contributed by atoms with Crippen molar-refractivity contribution in [1.82, 2.24) is 34.6 Å². The Morgan fingerprint density at radius 2 is 2.10 bits per heavy atom. The first-order valence-electron chi connectivity index (χ1n) is 10.2. The standard InChI is InChI=1S/C22H25N7/c1-15(2)29-14-16(17-6-3-4-7-19(17)29)13-28-11-5-8-20(28)22-25-21(26-27-22)18-12-23-9-10-24-18/h3-4,6-7,9-10,12,14-15,20H,5,8,11,13H2,1-2H3,(H,25,26,27). The van der Waals surface area contributed by atoms with Gasteiger partial charge in [0, 0.05) is 42.1 Å². The summed E-state index contributed by atoms with van der Waals surface area (Å²) < 4.78 is 2.37. The summed E-state index contributed by atoms with van der Waals surface area (Å²) in [5.74, 6) is 1.52. The van der Waals surface area contributed by atoms with Crippen LogP contribution in [0, 0.1) is 0 Å². The number of aromatic amines is 1. The largest absolute Gasteiger partial charge is 0.345 e. The van der Waals surface area contributed by atoms with Crippen LogP contribution in [-0.2, 0) is 6.54 Å². The minimum absolute atomic E-state index is 0.245. The lowest BCUT2D eigenvalue weighted by Gasteiger charge is -2.22. The molecular weight excluding hydrogens is 362 g/mol. The Balaban J connectivity index is 1.43. The molecule has 7 nitrogen and oxygen atoms in total. The fourth-order valence-electron chi connectivity index (χ4n) is 4.33. The van der Waals surface area contributed by atoms with Crippen LogP contribution in [0.5, 0.6) is 0 Å². The van der Waals surface area contributed by atoms with E-state index in [4.69, 9.17) is 4.98 Å². The maximum Gasteiger partial charge on any atom is 0.201 e. The summed E-state index contributed by atoms with van der Waals surface area (Å²) in [5, 5.41) is 8.86. The number of rotatable bonds is 5. The van der Waals surface area contributed by atoms with Gasteiger partial charge in [0.15, 0.2) is 0 Å². The molecule has 5 rings (SSSR count). The number of nitrogens with zero attached hydrogens (tertiary/aromatic N) is 6. The van der Waals surface area contributed by atoms with Gasteiger partial charge in [0.1, 0.15) is 11.5 Å². The quantitative estimate of drug-likeness (QED) is 0.557. The van der Waals surface area contributed by atoms with Gasteiger partial charge in [-0.25, -0.2) is 9.97 Å². The molecule has 7 heteroatoms. The summed E-state index contributed by atoms with van der Waals surface area (Å²) in [4.78, 5) is 15.7. The van der Waals surface area contributed by atoms with E-state index in [1.165, 1.54) is 16.5 Å². The van der Waals surface area contributed by atoms with Gasteiger partial charge in [-0.2, -0.15) is 5.10 Å². The summed E-state index contributed by atoms with van der Waals surface area (Å²) >= 11 is 0. The van der Waals surface area contributed by atoms with Crippen LogP contribution in [0.25, 0.3) is 22.4 Å². The predicted molar refractivity (Wildman–Crippen MR) is 112 cm³/mol. The number of benzene rings is 1. The highest BCUT2D eigenvalue weighted by molar-refractivity contribution is 5.84. The van der Waals surface area contributed by atoms with E-state index < -0.39 is 0 Å². The third-order valence-corrected chi connectivity index (χ3v) is 5.73. The van der Waals surface area contributed by atoms with Crippen molar-refractivity contribution in [2.75, 3.05) is 6.54 Å². The highest BCUT2D eigenvalue weighted by Crippen LogP contribution is 2.34. The minimum atomic E-state index is 0.245. The van der Waals surface area contributed by atoms with Crippen molar-refractivity contribution in [1.29, 1.82) is 0 Å². The number of aromatic nitrogens is 6. The number of fused-ring (bicyclic) bond motifs is 1. The average Bonchev–Trinajstić information content (AvgIpc) is 3.47. The Morgan fingerprint density at radius 3 is 2.93 bits per heavy atom. The Morgan fingerprint density at radius 1 is 1.21 bits per heavy atom. The Labute approximate surface area is 169 Å². The molecule has 0 amide bonds. The van der Waals surface area contributed by atoms with Crippen molar-refractivity contribution in [3.05, 3.63) is 60.4 Å². The van der Waals surface area contributed by atoms with E-state index in [1.807, 2.05) is 0 Å². The molecule has 0 saturated carbocycles. The van der Waals surface area contributed by atoms with Gasteiger partial charge in [0.05, 0.1) is 12.2 Å². The minimum Gasteiger partial charge on any atom is -0.345 e. The van der Waals surface area contributed by atoms with Crippen molar-refractivity contribution in [3.63, 3.8) is 0 Å². The van der Waals surface area contributed by atoms with Crippen LogP contribution < -0.4 is 0 Å². The van der Waals surface area contributed by atoms with Crippen LogP contribution >= 0.6 is 0 Å². The first kappa shape index (κ1) is 18.0. The highest BCUT2D eigenvalue weighted by Gasteiger charge is 2.30. The van der Waals surface area contributed by atoms with E-state index in [1.54, 1.807) is 18.6 Å². The van der Waals surface area contributed by atoms with Gasteiger partial charge in [0.2, 0.25) is 5.82 Å². The predicted octanol–water partition coefficient (Wildman–Crippen LogP) is 4.13. The molecule has 1 aliphatic rings. The molecular formula is C22H25N7. The topological polar surface area (TPSA) is 75.5 Å². The zero-order valence-corrected chi connectivity index (χ0v) is 16.8. The van der Waals surface area contributed by atoms with E-state index in [2.05, 4.69) is 73.9 Å². The van der Waals surface area contributed by atoms with Gasteiger partial charge >= 0.3 is 0 Å². The summed E-state index contributed by atoms with van der Waals surface area (Å²) in [6, 6.07) is 9.37. The molecule has 1 N–H and O–H groups in total. The van der Waals surface area contributed by atoms with Crippen molar-refractivity contribution in [3.8, 4) is 11.5 Å². The zero-order chi connectivity index (χ0) is 19.8. The van der Waals surface area contributed by atoms with Crippen LogP contribution in [0.1, 0.15) is 50.2 Å². The summed E-state index contributed by atoms with van der Waals surface area (Å²) in [6.07, 6.45) is 9.57. The summed E-state index contributed by atoms with van der Waals surface area (Å²) in [5.41, 5.74) is 3.37. The fourth-order valence-corrected chi connectivity index (χ4v) is 4.33. The molecule has 0 radical (unpaired) electrons. The molecule has 1 unspecified atom stereocenters. The fraction of sp³-hybridized carbons (Fsp3) is 0.364. The number of hydrogen-bond acceptors (Lipinski definition) is 5. The molecule has 29 heavy (non-hydrogen) atoms. The van der Waals surface area contributed by atoms with E-state index in [0.717, 1.165) is 31.8 Å². The van der Waals surface area contributed by atoms with Crippen molar-refractivity contribution < 1.29 is 0 Å². The molecule has 1 saturated heterocycles. The van der Waals surface area contributed by atoms with Crippen LogP contribution in [0.3, 0.4) is 0 Å². The van der Waals surface area contributed by atoms with Crippen LogP contribution in [0.2, 0.25) is 0 Å². The lowest BCUT2D eigenvalue weighted by Crippen LogP contribution is -2.23. The number of H-pyrrole nitrogens is 1. The first-order valence-corrected chi connectivity index (χ1v) is 10.2. The Kier molecular flexibility index (Phi) is 4.60. The second-order valence-electron chi connectivity index (χ2n) is 7.94. The third kappa shape index (κ3) is 3.31. The molecule has 4 heterocycles. The van der Waals surface area contributed by atoms with Crippen LogP contribution in [0.15, 0.2) is 49.1 Å². The zero-order valence-electron chi connectivity index (χ0n) is 16.8. The van der Waals surface area contributed by atoms with Gasteiger partial charge in [-0.05, 0) is 44.9 Å². The van der Waals surface area contributed by atoms with Crippen molar-refractivity contribution in [2.45, 2.75) is 45.3 Å². The monoisotopic (exact) mass is 387 g/mol. The molecule has 148 valence electrons. The first-order chi connectivity index (χ1) is 14.2. The molecule has 3 aromatic heterocycles. The second kappa shape index (κ2) is 7.40. The molecule has 4 aromatic rings. The second-order valence-corrected chi connectivity index (χ2v) is 7.94. The van der Waals surface area contributed by atoms with E-state index in [0.29, 0.717) is 17.6 Å². The van der Waals surface area contributed by atoms with Gasteiger partial charge in [0.25, 0.3) is 0 Å². The highest BCUT2D eigenvalue weighted by atomic mass is 15.3. The van der Waals surface area contributed by atoms with Crippen LogP contribution in [-0.4, -0.2) is 41.2 Å². The molecule has 0 bridgehead atoms. The van der Waals surface area contributed by atoms with E-state index >= 15 is 0 Å². The van der Waals surface area contributed by atoms with Crippen molar-refractivity contribution >= 4 is 10.9 Å². The SMILES string of the molecule is CC(C)n1cc(CN2CCCC2c2nc(-c3cnccn3)n[nH]2)c2ccccc21. The number of nitrogens with one attached hydrogen (secondary N) is 1. The number of hydrogen-bond donors (Lipinski definition) is 1. The average molecular weight is 387 g/mol. The number of likely N-dealkylation sites (tertiary alicyclic amines) is 1. The third-order valence-electron chi connectivity index (χ3n) is 5.73. The molecule has 0 aliphatic carbocycles. The Bertz CT molecular complexity index is 1110. The lowest BCUT2D eigenvalue weighted by atomic mass is 10.1. The normalized spacial score (nSPS) is 17.6. The number of para-hydroxylation sites is 1. The lowest BCUT2D eigenvalue weighted by molar-refractivity contribution is 0.241. The van der Waals surface area contributed by atoms with Gasteiger partial charge in [-0.1, -0.05) is 18.2 Å². The smallest absolute Gasteiger partial charge is 0.201 e.